The number of hydrogen-bond donors (Lipinski definition) is 3. The van der Waals surface area contributed by atoms with Gasteiger partial charge in [0.1, 0.15) is 17.1 Å². The fraction of sp³-hybridized carbons (Fsp3) is 0.192. The first-order valence-corrected chi connectivity index (χ1v) is 12.7. The van der Waals surface area contributed by atoms with Crippen LogP contribution < -0.4 is 26.0 Å². The van der Waals surface area contributed by atoms with Crippen molar-refractivity contribution in [1.29, 1.82) is 0 Å². The molecule has 0 atom stereocenters. The molecule has 1 aliphatic rings. The van der Waals surface area contributed by atoms with Crippen molar-refractivity contribution in [3.8, 4) is 16.9 Å². The van der Waals surface area contributed by atoms with Crippen LogP contribution in [0, 0.1) is 0 Å². The number of nitrogens with two attached hydrogens (primary N) is 1. The van der Waals surface area contributed by atoms with E-state index in [0.29, 0.717) is 38.9 Å². The molecule has 0 unspecified atom stereocenters. The summed E-state index contributed by atoms with van der Waals surface area (Å²) in [5, 5.41) is 11.1. The molecule has 0 radical (unpaired) electrons. The van der Waals surface area contributed by atoms with Crippen molar-refractivity contribution in [1.82, 2.24) is 29.7 Å². The molecule has 4 heterocycles. The van der Waals surface area contributed by atoms with Gasteiger partial charge in [0.25, 0.3) is 0 Å². The molecule has 1 aliphatic heterocycles. The van der Waals surface area contributed by atoms with Crippen LogP contribution in [0.5, 0.6) is 5.75 Å². The number of methoxy groups -OCH3 is 1. The maximum atomic E-state index is 6.38. The zero-order valence-corrected chi connectivity index (χ0v) is 22.6. The van der Waals surface area contributed by atoms with E-state index >= 15 is 0 Å². The first-order chi connectivity index (χ1) is 18.4. The third-order valence-corrected chi connectivity index (χ3v) is 7.27. The lowest BCUT2D eigenvalue weighted by molar-refractivity contribution is 0.417. The van der Waals surface area contributed by atoms with Gasteiger partial charge in [-0.3, -0.25) is 14.6 Å². The molecule has 0 bridgehead atoms. The van der Waals surface area contributed by atoms with Gasteiger partial charge in [-0.1, -0.05) is 0 Å². The van der Waals surface area contributed by atoms with Gasteiger partial charge < -0.3 is 26.0 Å². The van der Waals surface area contributed by atoms with Crippen molar-refractivity contribution in [2.24, 2.45) is 7.05 Å². The molecule has 6 rings (SSSR count). The Morgan fingerprint density at radius 1 is 1.00 bits per heavy atom. The highest BCUT2D eigenvalue weighted by molar-refractivity contribution is 9.10. The number of fused-ring (bicyclic) bond motifs is 4. The van der Waals surface area contributed by atoms with E-state index < -0.39 is 0 Å². The van der Waals surface area contributed by atoms with Gasteiger partial charge >= 0.3 is 0 Å². The maximum Gasteiger partial charge on any atom is 0.229 e. The lowest BCUT2D eigenvalue weighted by Gasteiger charge is -2.22. The highest BCUT2D eigenvalue weighted by Crippen LogP contribution is 2.42. The molecular weight excluding hydrogens is 548 g/mol. The van der Waals surface area contributed by atoms with Gasteiger partial charge in [0, 0.05) is 74.2 Å². The number of aryl methyl sites for hydroxylation is 1. The normalized spacial score (nSPS) is 12.6. The monoisotopic (exact) mass is 572 g/mol. The lowest BCUT2D eigenvalue weighted by atomic mass is 10.0. The van der Waals surface area contributed by atoms with E-state index in [4.69, 9.17) is 15.5 Å². The van der Waals surface area contributed by atoms with Crippen molar-refractivity contribution in [3.63, 3.8) is 0 Å². The smallest absolute Gasteiger partial charge is 0.229 e. The minimum atomic E-state index is 0.390. The van der Waals surface area contributed by atoms with Gasteiger partial charge in [-0.05, 0) is 34.1 Å². The van der Waals surface area contributed by atoms with E-state index in [9.17, 15) is 0 Å². The summed E-state index contributed by atoms with van der Waals surface area (Å²) in [7, 11) is 5.72. The van der Waals surface area contributed by atoms with Crippen LogP contribution in [-0.2, 0) is 13.5 Å². The predicted molar refractivity (Wildman–Crippen MR) is 152 cm³/mol. The van der Waals surface area contributed by atoms with Gasteiger partial charge in [0.15, 0.2) is 0 Å². The van der Waals surface area contributed by atoms with Crippen molar-refractivity contribution in [2.45, 2.75) is 6.42 Å². The summed E-state index contributed by atoms with van der Waals surface area (Å²) in [5.41, 5.74) is 14.0. The Hall–Kier alpha value is -4.45. The topological polar surface area (TPSA) is 132 Å². The van der Waals surface area contributed by atoms with Crippen molar-refractivity contribution >= 4 is 61.5 Å². The van der Waals surface area contributed by atoms with Crippen LogP contribution in [0.4, 0.5) is 34.5 Å². The standard InChI is InChI=1S/C26H25BrN10O/c1-36-9-6-20-15(12-32-37(20)2)14-10-19(22(38-3)11-21(14)36)34-26-31-13-16(27)25(35-26)33-17-4-5-18-24(23(17)28)30-8-7-29-18/h4-5,7-8,10-13H,6,9,28H2,1-3H3,(H2,31,33,34,35). The molecular formula is C26H25BrN10O. The summed E-state index contributed by atoms with van der Waals surface area (Å²) in [5.74, 6) is 1.61. The lowest BCUT2D eigenvalue weighted by Crippen LogP contribution is -2.20. The Bertz CT molecular complexity index is 1690. The predicted octanol–water partition coefficient (Wildman–Crippen LogP) is 4.65. The van der Waals surface area contributed by atoms with Crippen LogP contribution >= 0.6 is 15.9 Å². The average Bonchev–Trinajstić information content (AvgIpc) is 3.23. The van der Waals surface area contributed by atoms with Crippen LogP contribution in [0.3, 0.4) is 0 Å². The molecule has 0 saturated carbocycles. The number of hydrogen-bond acceptors (Lipinski definition) is 10. The molecule has 0 saturated heterocycles. The number of nitrogens with one attached hydrogen (secondary N) is 2. The molecule has 12 heteroatoms. The Morgan fingerprint density at radius 3 is 2.68 bits per heavy atom. The minimum absolute atomic E-state index is 0.390. The SMILES string of the molecule is COc1cc2c(cc1Nc1ncc(Br)c(Nc3ccc4nccnc4c3N)n1)-c1cnn(C)c1CCN2C. The molecule has 0 fully saturated rings. The Kier molecular flexibility index (Phi) is 5.95. The Morgan fingerprint density at radius 2 is 1.84 bits per heavy atom. The van der Waals surface area contributed by atoms with Gasteiger partial charge in [-0.15, -0.1) is 0 Å². The molecule has 5 aromatic rings. The fourth-order valence-corrected chi connectivity index (χ4v) is 4.97. The number of ether oxygens (including phenoxy) is 1. The number of anilines is 6. The van der Waals surface area contributed by atoms with Crippen LogP contribution in [-0.4, -0.2) is 50.4 Å². The first-order valence-electron chi connectivity index (χ1n) is 11.9. The van der Waals surface area contributed by atoms with Crippen LogP contribution in [0.1, 0.15) is 5.69 Å². The number of rotatable bonds is 5. The summed E-state index contributed by atoms with van der Waals surface area (Å²) in [6.07, 6.45) is 7.75. The molecule has 0 aliphatic carbocycles. The van der Waals surface area contributed by atoms with Crippen LogP contribution in [0.15, 0.2) is 53.5 Å². The van der Waals surface area contributed by atoms with Crippen molar-refractivity contribution < 1.29 is 4.74 Å². The van der Waals surface area contributed by atoms with E-state index in [1.807, 2.05) is 36.1 Å². The first kappa shape index (κ1) is 23.9. The number of benzene rings is 2. The Balaban J connectivity index is 1.37. The molecule has 4 N–H and O–H groups in total. The molecule has 192 valence electrons. The molecule has 11 nitrogen and oxygen atoms in total. The van der Waals surface area contributed by atoms with Crippen LogP contribution in [0.2, 0.25) is 0 Å². The summed E-state index contributed by atoms with van der Waals surface area (Å²) in [6, 6.07) is 7.81. The molecule has 0 amide bonds. The third kappa shape index (κ3) is 4.12. The summed E-state index contributed by atoms with van der Waals surface area (Å²) in [6.45, 7) is 0.879. The summed E-state index contributed by atoms with van der Waals surface area (Å²) >= 11 is 3.54. The second kappa shape index (κ2) is 9.45. The van der Waals surface area contributed by atoms with Gasteiger partial charge in [-0.25, -0.2) is 4.98 Å². The van der Waals surface area contributed by atoms with E-state index in [1.165, 1.54) is 5.69 Å². The van der Waals surface area contributed by atoms with Gasteiger partial charge in [0.2, 0.25) is 5.95 Å². The molecule has 2 aromatic carbocycles. The molecule has 0 spiro atoms. The Labute approximate surface area is 227 Å². The van der Waals surface area contributed by atoms with Gasteiger partial charge in [-0.2, -0.15) is 10.1 Å². The van der Waals surface area contributed by atoms with Gasteiger partial charge in [0.05, 0.1) is 40.4 Å². The molecule has 38 heavy (non-hydrogen) atoms. The van der Waals surface area contributed by atoms with Crippen LogP contribution in [0.25, 0.3) is 22.2 Å². The number of aromatic nitrogens is 6. The largest absolute Gasteiger partial charge is 0.494 e. The second-order valence-electron chi connectivity index (χ2n) is 8.96. The summed E-state index contributed by atoms with van der Waals surface area (Å²) < 4.78 is 8.37. The number of likely N-dealkylation sites (N-methyl/N-ethyl adjacent to an activating group) is 1. The highest BCUT2D eigenvalue weighted by atomic mass is 79.9. The van der Waals surface area contributed by atoms with Crippen molar-refractivity contribution in [3.05, 3.63) is 59.2 Å². The van der Waals surface area contributed by atoms with E-state index in [1.54, 1.807) is 25.7 Å². The second-order valence-corrected chi connectivity index (χ2v) is 9.82. The third-order valence-electron chi connectivity index (χ3n) is 6.69. The number of nitrogen functional groups attached to an aromatic ring is 1. The zero-order valence-electron chi connectivity index (χ0n) is 21.0. The maximum absolute atomic E-state index is 6.38. The van der Waals surface area contributed by atoms with Crippen molar-refractivity contribution in [2.75, 3.05) is 42.0 Å². The minimum Gasteiger partial charge on any atom is -0.494 e. The number of halogens is 1. The number of nitrogens with zero attached hydrogens (tertiary/aromatic N) is 7. The van der Waals surface area contributed by atoms with E-state index in [2.05, 4.69) is 64.6 Å². The zero-order chi connectivity index (χ0) is 26.4. The fourth-order valence-electron chi connectivity index (χ4n) is 4.68. The van der Waals surface area contributed by atoms with E-state index in [-0.39, 0.29) is 0 Å². The highest BCUT2D eigenvalue weighted by Gasteiger charge is 2.23. The average molecular weight is 573 g/mol. The van der Waals surface area contributed by atoms with E-state index in [0.717, 1.165) is 41.0 Å². The molecule has 3 aromatic heterocycles. The summed E-state index contributed by atoms with van der Waals surface area (Å²) in [4.78, 5) is 20.1. The quantitative estimate of drug-likeness (QED) is 0.255.